The second-order valence-electron chi connectivity index (χ2n) is 4.68. The highest BCUT2D eigenvalue weighted by Crippen LogP contribution is 2.37. The third-order valence-electron chi connectivity index (χ3n) is 3.29. The summed E-state index contributed by atoms with van der Waals surface area (Å²) in [5.41, 5.74) is 5.40. The number of nitrogens with zero attached hydrogens (tertiary/aromatic N) is 2. The predicted molar refractivity (Wildman–Crippen MR) is 78.8 cm³/mol. The van der Waals surface area contributed by atoms with Crippen molar-refractivity contribution in [2.75, 3.05) is 16.5 Å². The number of anilines is 2. The molecule has 1 N–H and O–H groups in total. The third kappa shape index (κ3) is 1.85. The van der Waals surface area contributed by atoms with Crippen molar-refractivity contribution in [3.8, 4) is 0 Å². The van der Waals surface area contributed by atoms with Crippen molar-refractivity contribution < 1.29 is 8.42 Å². The van der Waals surface area contributed by atoms with E-state index >= 15 is 0 Å². The molecule has 0 aromatic heterocycles. The Kier molecular flexibility index (Phi) is 2.92. The van der Waals surface area contributed by atoms with Crippen LogP contribution in [0.3, 0.4) is 0 Å². The van der Waals surface area contributed by atoms with Crippen LogP contribution in [-0.4, -0.2) is 15.5 Å². The summed E-state index contributed by atoms with van der Waals surface area (Å²) in [4.78, 5) is 0.259. The van der Waals surface area contributed by atoms with E-state index < -0.39 is 10.0 Å². The van der Waals surface area contributed by atoms with Crippen LogP contribution < -0.4 is 15.0 Å². The topological polar surface area (TPSA) is 52.6 Å². The molecule has 6 heteroatoms. The van der Waals surface area contributed by atoms with Crippen LogP contribution in [0.25, 0.3) is 0 Å². The molecule has 2 aromatic carbocycles. The molecule has 0 saturated carbocycles. The Morgan fingerprint density at radius 2 is 1.70 bits per heavy atom. The molecule has 0 unspecified atom stereocenters. The van der Waals surface area contributed by atoms with Crippen molar-refractivity contribution in [2.24, 2.45) is 0 Å². The minimum Gasteiger partial charge on any atom is -0.290 e. The maximum Gasteiger partial charge on any atom is 0.279 e. The number of para-hydroxylation sites is 1. The summed E-state index contributed by atoms with van der Waals surface area (Å²) < 4.78 is 26.6. The Morgan fingerprint density at radius 3 is 2.40 bits per heavy atom. The second kappa shape index (κ2) is 4.50. The highest BCUT2D eigenvalue weighted by molar-refractivity contribution is 7.92. The lowest BCUT2D eigenvalue weighted by molar-refractivity contribution is 0.581. The highest BCUT2D eigenvalue weighted by atomic mass is 32.2. The monoisotopic (exact) mass is 289 g/mol. The second-order valence-corrected chi connectivity index (χ2v) is 6.47. The van der Waals surface area contributed by atoms with Crippen LogP contribution in [0.1, 0.15) is 5.56 Å². The fraction of sp³-hybridized carbons (Fsp3) is 0.143. The van der Waals surface area contributed by atoms with Gasteiger partial charge in [0.05, 0.1) is 16.3 Å². The molecular formula is C14H15N3O2S. The van der Waals surface area contributed by atoms with Crippen LogP contribution in [0.4, 0.5) is 11.4 Å². The van der Waals surface area contributed by atoms with Gasteiger partial charge in [-0.15, -0.1) is 5.53 Å². The van der Waals surface area contributed by atoms with Crippen LogP contribution in [0, 0.1) is 6.92 Å². The van der Waals surface area contributed by atoms with Crippen LogP contribution in [0.5, 0.6) is 0 Å². The first-order chi connectivity index (χ1) is 9.51. The largest absolute Gasteiger partial charge is 0.290 e. The van der Waals surface area contributed by atoms with E-state index in [-0.39, 0.29) is 4.90 Å². The predicted octanol–water partition coefficient (Wildman–Crippen LogP) is 2.06. The van der Waals surface area contributed by atoms with Crippen molar-refractivity contribution in [3.05, 3.63) is 54.1 Å². The van der Waals surface area contributed by atoms with E-state index in [4.69, 9.17) is 0 Å². The molecule has 20 heavy (non-hydrogen) atoms. The van der Waals surface area contributed by atoms with E-state index in [2.05, 4.69) is 5.53 Å². The Morgan fingerprint density at radius 1 is 1.00 bits per heavy atom. The third-order valence-corrected chi connectivity index (χ3v) is 4.92. The average Bonchev–Trinajstić information content (AvgIpc) is 2.79. The smallest absolute Gasteiger partial charge is 0.279 e. The van der Waals surface area contributed by atoms with Crippen molar-refractivity contribution >= 4 is 21.4 Å². The van der Waals surface area contributed by atoms with Crippen molar-refractivity contribution in [2.45, 2.75) is 11.8 Å². The van der Waals surface area contributed by atoms with Crippen LogP contribution in [0.2, 0.25) is 0 Å². The Labute approximate surface area is 118 Å². The van der Waals surface area contributed by atoms with E-state index in [9.17, 15) is 8.42 Å². The summed E-state index contributed by atoms with van der Waals surface area (Å²) >= 11 is 0. The van der Waals surface area contributed by atoms with Crippen LogP contribution >= 0.6 is 0 Å². The maximum atomic E-state index is 12.7. The van der Waals surface area contributed by atoms with Gasteiger partial charge in [0.2, 0.25) is 0 Å². The summed E-state index contributed by atoms with van der Waals surface area (Å²) in [5.74, 6) is 0. The average molecular weight is 289 g/mol. The first-order valence-corrected chi connectivity index (χ1v) is 7.66. The molecule has 0 fully saturated rings. The SMILES string of the molecule is Cc1cccc2c1N(C)NN2S(=O)(=O)c1ccccc1. The highest BCUT2D eigenvalue weighted by Gasteiger charge is 2.34. The van der Waals surface area contributed by atoms with Gasteiger partial charge in [-0.3, -0.25) is 5.01 Å². The zero-order valence-electron chi connectivity index (χ0n) is 11.2. The zero-order chi connectivity index (χ0) is 14.3. The number of benzene rings is 2. The number of hydrogen-bond donors (Lipinski definition) is 1. The lowest BCUT2D eigenvalue weighted by Gasteiger charge is -2.19. The molecule has 0 spiro atoms. The molecule has 3 rings (SSSR count). The van der Waals surface area contributed by atoms with Gasteiger partial charge in [-0.05, 0) is 30.7 Å². The first-order valence-electron chi connectivity index (χ1n) is 6.22. The van der Waals surface area contributed by atoms with E-state index in [1.54, 1.807) is 48.5 Å². The maximum absolute atomic E-state index is 12.7. The van der Waals surface area contributed by atoms with Crippen molar-refractivity contribution in [1.29, 1.82) is 0 Å². The van der Waals surface area contributed by atoms with Gasteiger partial charge in [0, 0.05) is 7.05 Å². The zero-order valence-corrected chi connectivity index (χ0v) is 12.1. The number of aryl methyl sites for hydroxylation is 1. The molecule has 2 aromatic rings. The number of sulfonamides is 1. The Bertz CT molecular complexity index is 744. The van der Waals surface area contributed by atoms with E-state index in [1.165, 1.54) is 4.41 Å². The molecular weight excluding hydrogens is 274 g/mol. The molecule has 0 atom stereocenters. The summed E-state index contributed by atoms with van der Waals surface area (Å²) in [6, 6.07) is 14.0. The lowest BCUT2D eigenvalue weighted by Crippen LogP contribution is -2.45. The summed E-state index contributed by atoms with van der Waals surface area (Å²) in [6.07, 6.45) is 0. The number of hydrazine groups is 2. The van der Waals surface area contributed by atoms with Gasteiger partial charge in [0.15, 0.2) is 0 Å². The quantitative estimate of drug-likeness (QED) is 0.919. The molecule has 0 aliphatic carbocycles. The summed E-state index contributed by atoms with van der Waals surface area (Å²) in [6.45, 7) is 1.95. The molecule has 5 nitrogen and oxygen atoms in total. The molecule has 0 saturated heterocycles. The van der Waals surface area contributed by atoms with Gasteiger partial charge in [-0.2, -0.15) is 12.8 Å². The van der Waals surface area contributed by atoms with E-state index in [1.807, 2.05) is 19.1 Å². The first kappa shape index (κ1) is 13.0. The lowest BCUT2D eigenvalue weighted by atomic mass is 10.2. The van der Waals surface area contributed by atoms with Crippen molar-refractivity contribution in [1.82, 2.24) is 5.53 Å². The normalized spacial score (nSPS) is 14.5. The van der Waals surface area contributed by atoms with Gasteiger partial charge in [0.25, 0.3) is 10.0 Å². The molecule has 0 amide bonds. The Hall–Kier alpha value is -2.05. The van der Waals surface area contributed by atoms with Gasteiger partial charge in [-0.1, -0.05) is 30.3 Å². The fourth-order valence-corrected chi connectivity index (χ4v) is 3.71. The Balaban J connectivity index is 2.13. The minimum atomic E-state index is -3.62. The molecule has 1 aliphatic heterocycles. The minimum absolute atomic E-state index is 0.259. The van der Waals surface area contributed by atoms with Crippen molar-refractivity contribution in [3.63, 3.8) is 0 Å². The van der Waals surface area contributed by atoms with Gasteiger partial charge >= 0.3 is 0 Å². The summed E-state index contributed by atoms with van der Waals surface area (Å²) in [5, 5.41) is 1.71. The van der Waals surface area contributed by atoms with E-state index in [0.717, 1.165) is 11.3 Å². The molecule has 0 bridgehead atoms. The standard InChI is InChI=1S/C14H15N3O2S/c1-11-7-6-10-13-14(11)16(2)15-17(13)20(18,19)12-8-4-3-5-9-12/h3-10,15H,1-2H3. The van der Waals surface area contributed by atoms with Crippen LogP contribution in [0.15, 0.2) is 53.4 Å². The molecule has 104 valence electrons. The fourth-order valence-electron chi connectivity index (χ4n) is 2.36. The number of hydrogen-bond acceptors (Lipinski definition) is 4. The molecule has 1 heterocycles. The molecule has 0 radical (unpaired) electrons. The number of nitrogens with one attached hydrogen (secondary N) is 1. The van der Waals surface area contributed by atoms with Gasteiger partial charge in [-0.25, -0.2) is 0 Å². The van der Waals surface area contributed by atoms with Gasteiger partial charge in [0.1, 0.15) is 0 Å². The molecule has 1 aliphatic rings. The van der Waals surface area contributed by atoms with Crippen LogP contribution in [-0.2, 0) is 10.0 Å². The number of fused-ring (bicyclic) bond motifs is 1. The van der Waals surface area contributed by atoms with E-state index in [0.29, 0.717) is 5.69 Å². The van der Waals surface area contributed by atoms with Gasteiger partial charge < -0.3 is 0 Å². The number of rotatable bonds is 2. The summed E-state index contributed by atoms with van der Waals surface area (Å²) in [7, 11) is -1.82.